The topological polar surface area (TPSA) is 114 Å². The number of carbonyl (C=O) groups is 4. The molecule has 1 aliphatic rings. The summed E-state index contributed by atoms with van der Waals surface area (Å²) in [6.07, 6.45) is 1.28. The van der Waals surface area contributed by atoms with Crippen molar-refractivity contribution in [3.8, 4) is 5.75 Å². The van der Waals surface area contributed by atoms with Gasteiger partial charge in [-0.1, -0.05) is 34.1 Å². The van der Waals surface area contributed by atoms with Crippen molar-refractivity contribution >= 4 is 67.4 Å². The van der Waals surface area contributed by atoms with Crippen LogP contribution in [0.5, 0.6) is 5.75 Å². The average Bonchev–Trinajstić information content (AvgIpc) is 2.65. The van der Waals surface area contributed by atoms with E-state index in [0.717, 1.165) is 5.56 Å². The maximum absolute atomic E-state index is 12.3. The molecule has 0 bridgehead atoms. The molecule has 2 aromatic rings. The molecule has 0 saturated carbocycles. The van der Waals surface area contributed by atoms with Crippen LogP contribution in [0.1, 0.15) is 11.1 Å². The molecular weight excluding hydrogens is 522 g/mol. The van der Waals surface area contributed by atoms with Gasteiger partial charge in [0.1, 0.15) is 11.3 Å². The molecule has 0 spiro atoms. The maximum Gasteiger partial charge on any atom is 0.328 e. The van der Waals surface area contributed by atoms with Gasteiger partial charge in [0, 0.05) is 15.7 Å². The zero-order valence-electron chi connectivity index (χ0n) is 15.5. The Morgan fingerprint density at radius 2 is 1.77 bits per heavy atom. The van der Waals surface area contributed by atoms with E-state index >= 15 is 0 Å². The molecule has 3 N–H and O–H groups in total. The number of benzene rings is 2. The van der Waals surface area contributed by atoms with Crippen molar-refractivity contribution in [3.63, 3.8) is 0 Å². The van der Waals surface area contributed by atoms with Crippen molar-refractivity contribution in [2.75, 3.05) is 11.9 Å². The van der Waals surface area contributed by atoms with Gasteiger partial charge in [0.2, 0.25) is 0 Å². The highest BCUT2D eigenvalue weighted by Crippen LogP contribution is 2.34. The lowest BCUT2D eigenvalue weighted by Crippen LogP contribution is -2.51. The molecule has 5 amide bonds. The maximum atomic E-state index is 12.3. The summed E-state index contributed by atoms with van der Waals surface area (Å²) in [5.74, 6) is -1.79. The number of carbonyl (C=O) groups excluding carboxylic acids is 4. The summed E-state index contributed by atoms with van der Waals surface area (Å²) in [5.41, 5.74) is 1.66. The van der Waals surface area contributed by atoms with Crippen LogP contribution in [-0.2, 0) is 14.4 Å². The highest BCUT2D eigenvalue weighted by atomic mass is 79.9. The quantitative estimate of drug-likeness (QED) is 0.401. The van der Waals surface area contributed by atoms with Gasteiger partial charge in [-0.2, -0.15) is 0 Å². The summed E-state index contributed by atoms with van der Waals surface area (Å²) in [4.78, 5) is 47.6. The third-order valence-corrected chi connectivity index (χ3v) is 5.09. The highest BCUT2D eigenvalue weighted by Gasteiger charge is 2.28. The molecule has 1 saturated heterocycles. The van der Waals surface area contributed by atoms with E-state index in [9.17, 15) is 19.2 Å². The van der Waals surface area contributed by atoms with Crippen LogP contribution in [0.2, 0.25) is 0 Å². The highest BCUT2D eigenvalue weighted by molar-refractivity contribution is 9.11. The van der Waals surface area contributed by atoms with Gasteiger partial charge in [-0.25, -0.2) is 4.79 Å². The largest absolute Gasteiger partial charge is 0.482 e. The van der Waals surface area contributed by atoms with Crippen LogP contribution >= 0.6 is 31.9 Å². The molecule has 8 nitrogen and oxygen atoms in total. The number of rotatable bonds is 5. The van der Waals surface area contributed by atoms with Crippen LogP contribution in [0, 0.1) is 6.92 Å². The Morgan fingerprint density at radius 1 is 1.10 bits per heavy atom. The first-order valence-electron chi connectivity index (χ1n) is 8.60. The summed E-state index contributed by atoms with van der Waals surface area (Å²) < 4.78 is 6.82. The molecule has 0 unspecified atom stereocenters. The van der Waals surface area contributed by atoms with E-state index in [1.54, 1.807) is 18.2 Å². The molecule has 1 heterocycles. The molecule has 1 fully saturated rings. The van der Waals surface area contributed by atoms with Gasteiger partial charge < -0.3 is 10.1 Å². The van der Waals surface area contributed by atoms with E-state index < -0.39 is 17.8 Å². The Bertz CT molecular complexity index is 1080. The molecule has 2 aromatic carbocycles. The van der Waals surface area contributed by atoms with Gasteiger partial charge in [-0.3, -0.25) is 25.0 Å². The molecule has 0 aliphatic carbocycles. The van der Waals surface area contributed by atoms with E-state index in [0.29, 0.717) is 20.2 Å². The van der Waals surface area contributed by atoms with Crippen LogP contribution in [0.3, 0.4) is 0 Å². The summed E-state index contributed by atoms with van der Waals surface area (Å²) in [6, 6.07) is 9.75. The molecule has 10 heteroatoms. The summed E-state index contributed by atoms with van der Waals surface area (Å²) in [5, 5.41) is 6.77. The first-order chi connectivity index (χ1) is 14.2. The number of hydrogen-bond donors (Lipinski definition) is 3. The Hall–Kier alpha value is -2.98. The van der Waals surface area contributed by atoms with Crippen molar-refractivity contribution in [1.82, 2.24) is 10.6 Å². The van der Waals surface area contributed by atoms with Crippen LogP contribution in [0.4, 0.5) is 10.5 Å². The fourth-order valence-electron chi connectivity index (χ4n) is 2.64. The Labute approximate surface area is 188 Å². The van der Waals surface area contributed by atoms with Crippen molar-refractivity contribution in [2.45, 2.75) is 6.92 Å². The van der Waals surface area contributed by atoms with Crippen molar-refractivity contribution in [2.24, 2.45) is 0 Å². The third kappa shape index (κ3) is 5.14. The van der Waals surface area contributed by atoms with Crippen LogP contribution in [0.25, 0.3) is 6.08 Å². The van der Waals surface area contributed by atoms with Gasteiger partial charge >= 0.3 is 6.03 Å². The fraction of sp³-hybridized carbons (Fsp3) is 0.100. The minimum absolute atomic E-state index is 0.253. The number of ether oxygens (including phenoxy) is 1. The Morgan fingerprint density at radius 3 is 2.43 bits per heavy atom. The lowest BCUT2D eigenvalue weighted by atomic mass is 10.1. The number of anilines is 1. The third-order valence-electron chi connectivity index (χ3n) is 4.05. The van der Waals surface area contributed by atoms with Crippen molar-refractivity contribution < 1.29 is 23.9 Å². The number of amides is 5. The van der Waals surface area contributed by atoms with Gasteiger partial charge in [0.05, 0.1) is 4.47 Å². The zero-order valence-corrected chi connectivity index (χ0v) is 18.7. The molecular formula is C20H15Br2N3O5. The summed E-state index contributed by atoms with van der Waals surface area (Å²) in [7, 11) is 0. The normalized spacial score (nSPS) is 13.4. The van der Waals surface area contributed by atoms with Gasteiger partial charge in [-0.15, -0.1) is 0 Å². The van der Waals surface area contributed by atoms with Gasteiger partial charge in [0.25, 0.3) is 17.7 Å². The molecule has 0 aromatic heterocycles. The Kier molecular flexibility index (Phi) is 6.68. The first kappa shape index (κ1) is 21.7. The number of hydrogen-bond acceptors (Lipinski definition) is 5. The van der Waals surface area contributed by atoms with Crippen LogP contribution in [-0.4, -0.2) is 30.4 Å². The average molecular weight is 537 g/mol. The number of imide groups is 2. The predicted octanol–water partition coefficient (Wildman–Crippen LogP) is 3.29. The second-order valence-corrected chi connectivity index (χ2v) is 8.02. The number of para-hydroxylation sites is 1. The van der Waals surface area contributed by atoms with Crippen molar-refractivity contribution in [1.29, 1.82) is 0 Å². The van der Waals surface area contributed by atoms with E-state index in [4.69, 9.17) is 4.74 Å². The molecule has 154 valence electrons. The number of aryl methyl sites for hydroxylation is 1. The second kappa shape index (κ2) is 9.23. The van der Waals surface area contributed by atoms with Crippen LogP contribution < -0.4 is 20.7 Å². The summed E-state index contributed by atoms with van der Waals surface area (Å²) >= 11 is 6.69. The van der Waals surface area contributed by atoms with Gasteiger partial charge in [-0.05, 0) is 52.7 Å². The first-order valence-corrected chi connectivity index (χ1v) is 10.2. The van der Waals surface area contributed by atoms with Crippen LogP contribution in [0.15, 0.2) is 50.9 Å². The van der Waals surface area contributed by atoms with E-state index in [2.05, 4.69) is 37.2 Å². The molecule has 1 aliphatic heterocycles. The van der Waals surface area contributed by atoms with E-state index in [1.807, 2.05) is 35.8 Å². The molecule has 30 heavy (non-hydrogen) atoms. The minimum atomic E-state index is -0.887. The molecule has 0 radical (unpaired) electrons. The monoisotopic (exact) mass is 535 g/mol. The van der Waals surface area contributed by atoms with E-state index in [1.165, 1.54) is 6.08 Å². The Balaban J connectivity index is 1.83. The van der Waals surface area contributed by atoms with E-state index in [-0.39, 0.29) is 23.8 Å². The standard InChI is InChI=1S/C20H15Br2N3O5/c1-10-4-2-3-5-15(10)23-16(26)9-30-17-11(6-12(21)8-14(17)22)7-13-18(27)24-20(29)25-19(13)28/h2-8H,9H2,1H3,(H,23,26)(H2,24,25,27,28,29). The lowest BCUT2D eigenvalue weighted by Gasteiger charge is -2.16. The second-order valence-electron chi connectivity index (χ2n) is 6.25. The SMILES string of the molecule is Cc1ccccc1NC(=O)COc1c(Br)cc(Br)cc1C=C1C(=O)NC(=O)NC1=O. The van der Waals surface area contributed by atoms with Gasteiger partial charge in [0.15, 0.2) is 6.61 Å². The fourth-order valence-corrected chi connectivity index (χ4v) is 4.01. The number of halogens is 2. The van der Waals surface area contributed by atoms with Crippen molar-refractivity contribution in [3.05, 3.63) is 62.0 Å². The lowest BCUT2D eigenvalue weighted by molar-refractivity contribution is -0.124. The number of urea groups is 1. The summed E-state index contributed by atoms with van der Waals surface area (Å²) in [6.45, 7) is 1.57. The number of nitrogens with one attached hydrogen (secondary N) is 3. The predicted molar refractivity (Wildman–Crippen MR) is 117 cm³/mol. The molecule has 3 rings (SSSR count). The molecule has 0 atom stereocenters. The number of barbiturate groups is 1. The smallest absolute Gasteiger partial charge is 0.328 e. The zero-order chi connectivity index (χ0) is 21.8. The minimum Gasteiger partial charge on any atom is -0.482 e.